The predicted octanol–water partition coefficient (Wildman–Crippen LogP) is 4.16. The van der Waals surface area contributed by atoms with Crippen LogP contribution in [-0.2, 0) is 4.79 Å². The Kier molecular flexibility index (Phi) is 5.46. The Bertz CT molecular complexity index is 688. The monoisotopic (exact) mass is 335 g/mol. The van der Waals surface area contributed by atoms with Crippen LogP contribution in [0, 0.1) is 0 Å². The predicted molar refractivity (Wildman–Crippen MR) is 88.8 cm³/mol. The fraction of sp³-hybridized carbons (Fsp3) is 0.125. The quantitative estimate of drug-likeness (QED) is 0.805. The third-order valence-corrected chi connectivity index (χ3v) is 4.24. The van der Waals surface area contributed by atoms with Gasteiger partial charge in [0, 0.05) is 15.6 Å². The highest BCUT2D eigenvalue weighted by Gasteiger charge is 2.15. The summed E-state index contributed by atoms with van der Waals surface area (Å²) in [5.74, 6) is -1.22. The van der Waals surface area contributed by atoms with Crippen LogP contribution in [0.2, 0.25) is 5.02 Å². The Hall–Kier alpha value is -1.98. The van der Waals surface area contributed by atoms with Gasteiger partial charge in [0.05, 0.1) is 10.8 Å². The molecule has 2 rings (SSSR count). The number of amides is 1. The van der Waals surface area contributed by atoms with Gasteiger partial charge in [0.15, 0.2) is 0 Å². The van der Waals surface area contributed by atoms with E-state index in [9.17, 15) is 9.59 Å². The zero-order valence-corrected chi connectivity index (χ0v) is 13.3. The molecule has 2 aromatic carbocycles. The smallest absolute Gasteiger partial charge is 0.335 e. The van der Waals surface area contributed by atoms with Gasteiger partial charge in [-0.25, -0.2) is 4.79 Å². The lowest BCUT2D eigenvalue weighted by molar-refractivity contribution is -0.115. The van der Waals surface area contributed by atoms with E-state index in [0.29, 0.717) is 10.7 Å². The molecular weight excluding hydrogens is 322 g/mol. The van der Waals surface area contributed by atoms with Gasteiger partial charge in [-0.3, -0.25) is 4.79 Å². The number of carboxylic acids is 1. The molecular formula is C16H14ClNO3S. The zero-order chi connectivity index (χ0) is 16.1. The lowest BCUT2D eigenvalue weighted by atomic mass is 10.2. The number of halogens is 1. The van der Waals surface area contributed by atoms with Crippen molar-refractivity contribution in [2.45, 2.75) is 17.1 Å². The van der Waals surface area contributed by atoms with Crippen LogP contribution in [0.5, 0.6) is 0 Å². The Morgan fingerprint density at radius 3 is 2.50 bits per heavy atom. The molecule has 4 nitrogen and oxygen atoms in total. The van der Waals surface area contributed by atoms with Gasteiger partial charge in [-0.15, -0.1) is 11.8 Å². The Balaban J connectivity index is 2.00. The number of anilines is 1. The van der Waals surface area contributed by atoms with E-state index in [4.69, 9.17) is 16.7 Å². The lowest BCUT2D eigenvalue weighted by Crippen LogP contribution is -2.22. The standard InChI is InChI=1S/C16H14ClNO3S/c1-10(22-14-7-5-12(17)6-8-14)15(19)18-13-4-2-3-11(9-13)16(20)21/h2-10H,1H3,(H,18,19)(H,20,21). The minimum Gasteiger partial charge on any atom is -0.478 e. The van der Waals surface area contributed by atoms with E-state index in [-0.39, 0.29) is 16.7 Å². The van der Waals surface area contributed by atoms with Gasteiger partial charge in [0.1, 0.15) is 0 Å². The van der Waals surface area contributed by atoms with Gasteiger partial charge in [-0.05, 0) is 49.4 Å². The molecule has 1 amide bonds. The molecule has 0 aliphatic rings. The average Bonchev–Trinajstić information content (AvgIpc) is 2.49. The fourth-order valence-electron chi connectivity index (χ4n) is 1.74. The molecule has 0 heterocycles. The summed E-state index contributed by atoms with van der Waals surface area (Å²) in [5.41, 5.74) is 0.601. The topological polar surface area (TPSA) is 66.4 Å². The van der Waals surface area contributed by atoms with Gasteiger partial charge >= 0.3 is 5.97 Å². The third kappa shape index (κ3) is 4.51. The van der Waals surface area contributed by atoms with E-state index in [1.165, 1.54) is 23.9 Å². The van der Waals surface area contributed by atoms with Crippen molar-refractivity contribution in [1.29, 1.82) is 0 Å². The average molecular weight is 336 g/mol. The highest BCUT2D eigenvalue weighted by atomic mass is 35.5. The minimum absolute atomic E-state index is 0.135. The van der Waals surface area contributed by atoms with Crippen molar-refractivity contribution < 1.29 is 14.7 Å². The molecule has 1 unspecified atom stereocenters. The van der Waals surface area contributed by atoms with Crippen LogP contribution in [0.1, 0.15) is 17.3 Å². The van der Waals surface area contributed by atoms with Crippen LogP contribution >= 0.6 is 23.4 Å². The van der Waals surface area contributed by atoms with Crippen LogP contribution in [0.4, 0.5) is 5.69 Å². The normalized spacial score (nSPS) is 11.7. The number of benzene rings is 2. The summed E-state index contributed by atoms with van der Waals surface area (Å²) in [6.45, 7) is 1.79. The van der Waals surface area contributed by atoms with Gasteiger partial charge < -0.3 is 10.4 Å². The molecule has 0 saturated carbocycles. The molecule has 2 aromatic rings. The van der Waals surface area contributed by atoms with Crippen LogP contribution in [0.15, 0.2) is 53.4 Å². The molecule has 22 heavy (non-hydrogen) atoms. The first kappa shape index (κ1) is 16.4. The Labute approximate surface area is 137 Å². The molecule has 0 spiro atoms. The first-order valence-electron chi connectivity index (χ1n) is 6.52. The maximum absolute atomic E-state index is 12.2. The maximum atomic E-state index is 12.2. The summed E-state index contributed by atoms with van der Waals surface area (Å²) in [4.78, 5) is 24.0. The van der Waals surface area contributed by atoms with E-state index in [2.05, 4.69) is 5.32 Å². The van der Waals surface area contributed by atoms with Gasteiger partial charge in [-0.2, -0.15) is 0 Å². The number of hydrogen-bond acceptors (Lipinski definition) is 3. The Morgan fingerprint density at radius 1 is 1.18 bits per heavy atom. The molecule has 0 fully saturated rings. The molecule has 1 atom stereocenters. The number of hydrogen-bond donors (Lipinski definition) is 2. The zero-order valence-electron chi connectivity index (χ0n) is 11.7. The summed E-state index contributed by atoms with van der Waals surface area (Å²) in [7, 11) is 0. The number of rotatable bonds is 5. The van der Waals surface area contributed by atoms with E-state index in [1.807, 2.05) is 12.1 Å². The van der Waals surface area contributed by atoms with Crippen molar-refractivity contribution >= 4 is 40.9 Å². The Morgan fingerprint density at radius 2 is 1.86 bits per heavy atom. The largest absolute Gasteiger partial charge is 0.478 e. The first-order valence-corrected chi connectivity index (χ1v) is 7.78. The molecule has 0 radical (unpaired) electrons. The number of thioether (sulfide) groups is 1. The highest BCUT2D eigenvalue weighted by Crippen LogP contribution is 2.25. The summed E-state index contributed by atoms with van der Waals surface area (Å²) in [6.07, 6.45) is 0. The van der Waals surface area contributed by atoms with Crippen molar-refractivity contribution in [2.24, 2.45) is 0 Å². The van der Waals surface area contributed by atoms with Crippen molar-refractivity contribution in [3.63, 3.8) is 0 Å². The summed E-state index contributed by atoms with van der Waals surface area (Å²) in [5, 5.41) is 12.0. The highest BCUT2D eigenvalue weighted by molar-refractivity contribution is 8.00. The van der Waals surface area contributed by atoms with Crippen molar-refractivity contribution in [3.8, 4) is 0 Å². The number of carboxylic acid groups (broad SMARTS) is 1. The summed E-state index contributed by atoms with van der Waals surface area (Å²) >= 11 is 7.23. The molecule has 2 N–H and O–H groups in total. The number of aromatic carboxylic acids is 1. The van der Waals surface area contributed by atoms with Crippen LogP contribution in [0.25, 0.3) is 0 Å². The second-order valence-corrected chi connectivity index (χ2v) is 6.44. The van der Waals surface area contributed by atoms with E-state index in [0.717, 1.165) is 4.90 Å². The van der Waals surface area contributed by atoms with Gasteiger partial charge in [0.2, 0.25) is 5.91 Å². The van der Waals surface area contributed by atoms with E-state index >= 15 is 0 Å². The second kappa shape index (κ2) is 7.33. The first-order chi connectivity index (χ1) is 10.5. The number of carbonyl (C=O) groups is 2. The van der Waals surface area contributed by atoms with Crippen LogP contribution in [0.3, 0.4) is 0 Å². The molecule has 114 valence electrons. The number of carbonyl (C=O) groups excluding carboxylic acids is 1. The van der Waals surface area contributed by atoms with Gasteiger partial charge in [-0.1, -0.05) is 17.7 Å². The fourth-order valence-corrected chi connectivity index (χ4v) is 2.74. The SMILES string of the molecule is CC(Sc1ccc(Cl)cc1)C(=O)Nc1cccc(C(=O)O)c1. The minimum atomic E-state index is -1.03. The summed E-state index contributed by atoms with van der Waals surface area (Å²) < 4.78 is 0. The third-order valence-electron chi connectivity index (χ3n) is 2.87. The molecule has 0 saturated heterocycles. The van der Waals surface area contributed by atoms with E-state index in [1.54, 1.807) is 31.2 Å². The molecule has 0 aromatic heterocycles. The lowest BCUT2D eigenvalue weighted by Gasteiger charge is -2.12. The second-order valence-electron chi connectivity index (χ2n) is 4.59. The molecule has 0 aliphatic heterocycles. The van der Waals surface area contributed by atoms with Crippen molar-refractivity contribution in [1.82, 2.24) is 0 Å². The van der Waals surface area contributed by atoms with Crippen LogP contribution < -0.4 is 5.32 Å². The maximum Gasteiger partial charge on any atom is 0.335 e. The van der Waals surface area contributed by atoms with Crippen LogP contribution in [-0.4, -0.2) is 22.2 Å². The van der Waals surface area contributed by atoms with Crippen molar-refractivity contribution in [2.75, 3.05) is 5.32 Å². The van der Waals surface area contributed by atoms with Gasteiger partial charge in [0.25, 0.3) is 0 Å². The van der Waals surface area contributed by atoms with Crippen molar-refractivity contribution in [3.05, 3.63) is 59.1 Å². The molecule has 6 heteroatoms. The molecule has 0 bridgehead atoms. The summed E-state index contributed by atoms with van der Waals surface area (Å²) in [6, 6.07) is 13.4. The van der Waals surface area contributed by atoms with E-state index < -0.39 is 5.97 Å². The molecule has 0 aliphatic carbocycles. The number of nitrogens with one attached hydrogen (secondary N) is 1.